The Morgan fingerprint density at radius 1 is 0.111 bits per heavy atom. The molecule has 2 aromatic heterocycles. The van der Waals surface area contributed by atoms with E-state index in [4.69, 9.17) is 0 Å². The molecule has 0 atom stereocenters. The van der Waals surface area contributed by atoms with Crippen LogP contribution in [0, 0.1) is 0 Å². The standard InChI is InChI=1S/C60H40N2S2.C60H44N2/c1-3-13-45(14-4-1)61(49-37-29-43(30-38-49)51-19-11-21-55-53-17-7-9-23-57(53)63-59(51)55)47-33-25-41(26-34-47)42-27-35-48(36-28-42)62(46-15-5-2-6-16-46)50-39-31-44(32-40-50)52-20-12-22-56-54-18-8-10-24-58(54)64-60(52)56;1-5-13-45(14-6-1)49-21-33-55(34-22-49)61(56-35-23-50(24-36-56)46-15-7-2-8-16-46)59-41-29-53(30-42-59)54-31-43-60(44-32-54)62(57-37-25-51(26-38-57)47-17-9-3-10-18-47)58-39-27-52(28-40-58)48-19-11-4-12-20-48/h1-40H;1-44H. The Morgan fingerprint density at radius 2 is 0.270 bits per heavy atom. The number of fused-ring (bicyclic) bond motifs is 6. The van der Waals surface area contributed by atoms with Gasteiger partial charge < -0.3 is 19.6 Å². The van der Waals surface area contributed by atoms with Crippen LogP contribution < -0.4 is 19.6 Å². The number of para-hydroxylation sites is 2. The molecule has 0 saturated carbocycles. The molecule has 0 aliphatic rings. The zero-order valence-corrected chi connectivity index (χ0v) is 70.7. The number of nitrogens with zero attached hydrogens (tertiary/aromatic N) is 4. The van der Waals surface area contributed by atoms with Crippen LogP contribution in [0.4, 0.5) is 68.2 Å². The second kappa shape index (κ2) is 35.2. The summed E-state index contributed by atoms with van der Waals surface area (Å²) in [4.78, 5) is 9.34. The average molecular weight is 1650 g/mol. The predicted molar refractivity (Wildman–Crippen MR) is 541 cm³/mol. The number of rotatable bonds is 20. The Labute approximate surface area is 743 Å². The summed E-state index contributed by atoms with van der Waals surface area (Å²) in [6, 6.07) is 183. The van der Waals surface area contributed by atoms with E-state index in [1.807, 2.05) is 22.7 Å². The van der Waals surface area contributed by atoms with Gasteiger partial charge in [0, 0.05) is 109 Å². The van der Waals surface area contributed by atoms with Crippen molar-refractivity contribution in [1.82, 2.24) is 0 Å². The van der Waals surface area contributed by atoms with Crippen molar-refractivity contribution in [2.75, 3.05) is 19.6 Å². The monoisotopic (exact) mass is 1640 g/mol. The van der Waals surface area contributed by atoms with E-state index in [1.54, 1.807) is 0 Å². The van der Waals surface area contributed by atoms with Crippen molar-refractivity contribution in [2.24, 2.45) is 0 Å². The molecular formula is C120H84N4S2. The van der Waals surface area contributed by atoms with Gasteiger partial charge in [-0.1, -0.05) is 352 Å². The Kier molecular flexibility index (Phi) is 21.6. The van der Waals surface area contributed by atoms with Gasteiger partial charge in [-0.15, -0.1) is 22.7 Å². The zero-order valence-electron chi connectivity index (χ0n) is 69.1. The lowest BCUT2D eigenvalue weighted by Crippen LogP contribution is -2.10. The Hall–Kier alpha value is -16.0. The van der Waals surface area contributed by atoms with E-state index < -0.39 is 0 Å². The van der Waals surface area contributed by atoms with E-state index in [0.29, 0.717) is 0 Å². The molecule has 20 aromatic carbocycles. The third kappa shape index (κ3) is 16.0. The first-order chi connectivity index (χ1) is 62.5. The van der Waals surface area contributed by atoms with E-state index in [0.717, 1.165) is 79.4 Å². The van der Waals surface area contributed by atoms with Gasteiger partial charge in [0.05, 0.1) is 0 Å². The summed E-state index contributed by atoms with van der Waals surface area (Å²) in [5.74, 6) is 0. The largest absolute Gasteiger partial charge is 0.311 e. The number of thiophene rings is 2. The number of anilines is 12. The lowest BCUT2D eigenvalue weighted by molar-refractivity contribution is 1.28. The molecule has 0 bridgehead atoms. The van der Waals surface area contributed by atoms with Gasteiger partial charge in [-0.3, -0.25) is 0 Å². The first-order valence-corrected chi connectivity index (χ1v) is 44.5. The van der Waals surface area contributed by atoms with Crippen molar-refractivity contribution >= 4 is 131 Å². The first-order valence-electron chi connectivity index (χ1n) is 42.8. The molecule has 596 valence electrons. The van der Waals surface area contributed by atoms with Crippen LogP contribution in [-0.4, -0.2) is 0 Å². The van der Waals surface area contributed by atoms with E-state index in [-0.39, 0.29) is 0 Å². The van der Waals surface area contributed by atoms with Gasteiger partial charge in [0.25, 0.3) is 0 Å². The highest BCUT2D eigenvalue weighted by Gasteiger charge is 2.22. The maximum absolute atomic E-state index is 2.34. The van der Waals surface area contributed by atoms with Gasteiger partial charge in [-0.05, 0) is 247 Å². The highest BCUT2D eigenvalue weighted by Crippen LogP contribution is 2.47. The molecule has 6 heteroatoms. The summed E-state index contributed by atoms with van der Waals surface area (Å²) in [7, 11) is 0. The Balaban J connectivity index is 0.000000154. The topological polar surface area (TPSA) is 13.0 Å². The van der Waals surface area contributed by atoms with Crippen LogP contribution in [0.3, 0.4) is 0 Å². The summed E-state index contributed by atoms with van der Waals surface area (Å²) in [6.07, 6.45) is 0. The van der Waals surface area contributed by atoms with Gasteiger partial charge >= 0.3 is 0 Å². The SMILES string of the molecule is c1ccc(-c2ccc(N(c3ccc(-c4ccccc4)cc3)c3ccc(-c4ccc(N(c5ccc(-c6ccccc6)cc5)c5ccc(-c6ccccc6)cc5)cc4)cc3)cc2)cc1.c1ccc(N(c2ccc(-c3ccc(N(c4ccccc4)c4ccc(-c5cccc6c5sc5ccccc56)cc4)cc3)cc2)c2ccc(-c3cccc4c3sc3ccccc34)cc2)cc1. The van der Waals surface area contributed by atoms with Crippen molar-refractivity contribution in [3.05, 3.63) is 510 Å². The van der Waals surface area contributed by atoms with E-state index in [2.05, 4.69) is 529 Å². The molecule has 0 saturated heterocycles. The molecule has 126 heavy (non-hydrogen) atoms. The first kappa shape index (κ1) is 77.4. The second-order valence-corrected chi connectivity index (χ2v) is 33.6. The fourth-order valence-corrected chi connectivity index (χ4v) is 19.9. The highest BCUT2D eigenvalue weighted by molar-refractivity contribution is 7.26. The molecule has 0 spiro atoms. The maximum atomic E-state index is 2.34. The van der Waals surface area contributed by atoms with Gasteiger partial charge in [-0.25, -0.2) is 0 Å². The van der Waals surface area contributed by atoms with E-state index in [9.17, 15) is 0 Å². The molecule has 22 rings (SSSR count). The van der Waals surface area contributed by atoms with Crippen LogP contribution in [0.25, 0.3) is 129 Å². The predicted octanol–water partition coefficient (Wildman–Crippen LogP) is 35.3. The third-order valence-corrected chi connectivity index (χ3v) is 26.2. The maximum Gasteiger partial charge on any atom is 0.0462 e. The van der Waals surface area contributed by atoms with Gasteiger partial charge in [0.15, 0.2) is 0 Å². The molecule has 0 N–H and O–H groups in total. The van der Waals surface area contributed by atoms with Crippen LogP contribution in [0.5, 0.6) is 0 Å². The minimum Gasteiger partial charge on any atom is -0.311 e. The molecular weight excluding hydrogens is 1560 g/mol. The van der Waals surface area contributed by atoms with Crippen LogP contribution in [0.15, 0.2) is 510 Å². The Bertz CT molecular complexity index is 6830. The molecule has 0 radical (unpaired) electrons. The fourth-order valence-electron chi connectivity index (χ4n) is 17.4. The molecule has 0 aliphatic carbocycles. The Morgan fingerprint density at radius 3 is 0.484 bits per heavy atom. The van der Waals surface area contributed by atoms with Crippen LogP contribution in [0.1, 0.15) is 0 Å². The zero-order chi connectivity index (χ0) is 83.9. The van der Waals surface area contributed by atoms with E-state index >= 15 is 0 Å². The number of benzene rings is 20. The lowest BCUT2D eigenvalue weighted by atomic mass is 10.0. The molecule has 0 fully saturated rings. The average Bonchev–Trinajstić information content (AvgIpc) is 1.67. The second-order valence-electron chi connectivity index (χ2n) is 31.5. The van der Waals surface area contributed by atoms with Gasteiger partial charge in [0.1, 0.15) is 0 Å². The molecule has 0 amide bonds. The summed E-state index contributed by atoms with van der Waals surface area (Å²) in [6.45, 7) is 0. The van der Waals surface area contributed by atoms with Crippen molar-refractivity contribution < 1.29 is 0 Å². The number of hydrogen-bond donors (Lipinski definition) is 0. The molecule has 0 unspecified atom stereocenters. The molecule has 2 heterocycles. The van der Waals surface area contributed by atoms with Crippen molar-refractivity contribution in [3.63, 3.8) is 0 Å². The van der Waals surface area contributed by atoms with E-state index in [1.165, 1.54) is 118 Å². The van der Waals surface area contributed by atoms with Crippen molar-refractivity contribution in [3.8, 4) is 89.0 Å². The van der Waals surface area contributed by atoms with Crippen LogP contribution >= 0.6 is 22.7 Å². The van der Waals surface area contributed by atoms with Crippen LogP contribution in [-0.2, 0) is 0 Å². The highest BCUT2D eigenvalue weighted by atomic mass is 32.1. The fraction of sp³-hybridized carbons (Fsp3) is 0. The summed E-state index contributed by atoms with van der Waals surface area (Å²) < 4.78 is 5.31. The van der Waals surface area contributed by atoms with Crippen molar-refractivity contribution in [1.29, 1.82) is 0 Å². The normalized spacial score (nSPS) is 11.2. The minimum absolute atomic E-state index is 1.09. The quantitative estimate of drug-likeness (QED) is 0.0754. The summed E-state index contributed by atoms with van der Waals surface area (Å²) in [5.41, 5.74) is 32.5. The lowest BCUT2D eigenvalue weighted by Gasteiger charge is -2.27. The summed E-state index contributed by atoms with van der Waals surface area (Å²) in [5, 5.41) is 5.28. The summed E-state index contributed by atoms with van der Waals surface area (Å²) >= 11 is 3.75. The van der Waals surface area contributed by atoms with Gasteiger partial charge in [-0.2, -0.15) is 0 Å². The smallest absolute Gasteiger partial charge is 0.0462 e. The number of hydrogen-bond acceptors (Lipinski definition) is 6. The molecule has 0 aliphatic heterocycles. The van der Waals surface area contributed by atoms with Crippen molar-refractivity contribution in [2.45, 2.75) is 0 Å². The molecule has 4 nitrogen and oxygen atoms in total. The van der Waals surface area contributed by atoms with Crippen LogP contribution in [0.2, 0.25) is 0 Å². The van der Waals surface area contributed by atoms with Gasteiger partial charge in [0.2, 0.25) is 0 Å². The minimum atomic E-state index is 1.09. The third-order valence-electron chi connectivity index (χ3n) is 23.8. The molecule has 22 aromatic rings.